The van der Waals surface area contributed by atoms with E-state index in [1.807, 2.05) is 6.07 Å². The van der Waals surface area contributed by atoms with E-state index in [0.717, 1.165) is 10.4 Å². The molecule has 0 unspecified atom stereocenters. The summed E-state index contributed by atoms with van der Waals surface area (Å²) < 4.78 is 10.7. The zero-order valence-corrected chi connectivity index (χ0v) is 21.7. The van der Waals surface area contributed by atoms with Gasteiger partial charge in [0, 0.05) is 21.5 Å². The number of rotatable bonds is 5. The van der Waals surface area contributed by atoms with E-state index in [-0.39, 0.29) is 23.2 Å². The lowest BCUT2D eigenvalue weighted by Crippen LogP contribution is -2.55. The summed E-state index contributed by atoms with van der Waals surface area (Å²) in [5.74, 6) is -0.519. The molecule has 0 atom stereocenters. The molecule has 1 amide bonds. The first-order valence-electron chi connectivity index (χ1n) is 11.1. The molecule has 4 rings (SSSR count). The van der Waals surface area contributed by atoms with Crippen LogP contribution >= 0.6 is 22.9 Å². The van der Waals surface area contributed by atoms with E-state index in [1.54, 1.807) is 32.0 Å². The number of benzene rings is 1. The van der Waals surface area contributed by atoms with Crippen LogP contribution in [0.15, 0.2) is 28.8 Å². The van der Waals surface area contributed by atoms with Crippen molar-refractivity contribution < 1.29 is 18.8 Å². The van der Waals surface area contributed by atoms with Crippen LogP contribution in [0.5, 0.6) is 0 Å². The molecule has 0 bridgehead atoms. The third-order valence-electron chi connectivity index (χ3n) is 5.77. The third kappa shape index (κ3) is 4.37. The Morgan fingerprint density at radius 2 is 1.94 bits per heavy atom. The van der Waals surface area contributed by atoms with Gasteiger partial charge in [0.1, 0.15) is 22.0 Å². The summed E-state index contributed by atoms with van der Waals surface area (Å²) in [7, 11) is 0. The van der Waals surface area contributed by atoms with Crippen molar-refractivity contribution in [3.05, 3.63) is 56.6 Å². The van der Waals surface area contributed by atoms with Crippen molar-refractivity contribution in [1.82, 2.24) is 10.5 Å². The number of aromatic nitrogens is 1. The highest BCUT2D eigenvalue weighted by molar-refractivity contribution is 7.17. The highest BCUT2D eigenvalue weighted by atomic mass is 35.5. The van der Waals surface area contributed by atoms with E-state index in [0.29, 0.717) is 39.0 Å². The summed E-state index contributed by atoms with van der Waals surface area (Å²) in [6.07, 6.45) is 0.628. The number of carbonyl (C=O) groups is 2. The Hall–Kier alpha value is -2.68. The first-order valence-corrected chi connectivity index (χ1v) is 12.3. The zero-order valence-electron chi connectivity index (χ0n) is 20.1. The minimum Gasteiger partial charge on any atom is -0.462 e. The van der Waals surface area contributed by atoms with Gasteiger partial charge >= 0.3 is 5.97 Å². The largest absolute Gasteiger partial charge is 0.462 e. The van der Waals surface area contributed by atoms with Gasteiger partial charge in [0.05, 0.1) is 17.2 Å². The van der Waals surface area contributed by atoms with Gasteiger partial charge in [0.25, 0.3) is 5.91 Å². The fraction of sp³-hybridized carbons (Fsp3) is 0.400. The number of amides is 1. The van der Waals surface area contributed by atoms with Gasteiger partial charge in [-0.15, -0.1) is 11.3 Å². The second-order valence-electron chi connectivity index (χ2n) is 9.54. The minimum atomic E-state index is -0.447. The molecule has 9 heteroatoms. The lowest BCUT2D eigenvalue weighted by Gasteiger charge is -2.42. The molecule has 3 heterocycles. The molecule has 0 saturated heterocycles. The number of hydrogen-bond acceptors (Lipinski definition) is 7. The lowest BCUT2D eigenvalue weighted by atomic mass is 9.81. The first-order chi connectivity index (χ1) is 15.9. The predicted octanol–water partition coefficient (Wildman–Crippen LogP) is 5.95. The van der Waals surface area contributed by atoms with Crippen LogP contribution in [-0.2, 0) is 16.7 Å². The Labute approximate surface area is 207 Å². The van der Waals surface area contributed by atoms with Crippen LogP contribution in [0.3, 0.4) is 0 Å². The summed E-state index contributed by atoms with van der Waals surface area (Å²) >= 11 is 7.74. The van der Waals surface area contributed by atoms with Gasteiger partial charge in [-0.2, -0.15) is 0 Å². The number of nitrogens with zero attached hydrogens (tertiary/aromatic N) is 1. The monoisotopic (exact) mass is 501 g/mol. The summed E-state index contributed by atoms with van der Waals surface area (Å²) in [5, 5.41) is 11.6. The Bertz CT molecular complexity index is 1280. The fourth-order valence-corrected chi connectivity index (χ4v) is 6.16. The molecular formula is C25H28ClN3O4S. The summed E-state index contributed by atoms with van der Waals surface area (Å²) in [5.41, 5.74) is 1.90. The normalized spacial score (nSPS) is 16.1. The topological polar surface area (TPSA) is 93.5 Å². The molecule has 180 valence electrons. The predicted molar refractivity (Wildman–Crippen MR) is 134 cm³/mol. The molecule has 2 aromatic heterocycles. The van der Waals surface area contributed by atoms with E-state index in [9.17, 15) is 9.59 Å². The van der Waals surface area contributed by atoms with Crippen LogP contribution < -0.4 is 10.6 Å². The maximum atomic E-state index is 13.5. The lowest BCUT2D eigenvalue weighted by molar-refractivity contribution is 0.0525. The molecule has 0 aliphatic carbocycles. The molecule has 0 radical (unpaired) electrons. The number of nitrogens with one attached hydrogen (secondary N) is 2. The SMILES string of the molecule is CCOC(=O)c1c(NC(=O)c2c(-c3ccccc3Cl)noc2C)sc2c1CC(C)(C)NC2(C)C. The third-order valence-corrected chi connectivity index (χ3v) is 7.57. The molecule has 7 nitrogen and oxygen atoms in total. The van der Waals surface area contributed by atoms with Crippen molar-refractivity contribution >= 4 is 39.8 Å². The molecule has 34 heavy (non-hydrogen) atoms. The highest BCUT2D eigenvalue weighted by Gasteiger charge is 2.42. The second-order valence-corrected chi connectivity index (χ2v) is 11.0. The second kappa shape index (κ2) is 8.83. The molecule has 1 aliphatic rings. The van der Waals surface area contributed by atoms with Crippen molar-refractivity contribution in [3.63, 3.8) is 0 Å². The van der Waals surface area contributed by atoms with Crippen molar-refractivity contribution in [2.75, 3.05) is 11.9 Å². The van der Waals surface area contributed by atoms with Gasteiger partial charge in [-0.05, 0) is 59.6 Å². The van der Waals surface area contributed by atoms with Gasteiger partial charge < -0.3 is 19.9 Å². The number of thiophene rings is 1. The summed E-state index contributed by atoms with van der Waals surface area (Å²) in [6.45, 7) is 12.0. The van der Waals surface area contributed by atoms with E-state index in [2.05, 4.69) is 43.5 Å². The van der Waals surface area contributed by atoms with Gasteiger partial charge in [-0.1, -0.05) is 35.0 Å². The van der Waals surface area contributed by atoms with Gasteiger partial charge in [-0.3, -0.25) is 4.79 Å². The Morgan fingerprint density at radius 1 is 1.24 bits per heavy atom. The Morgan fingerprint density at radius 3 is 2.62 bits per heavy atom. The van der Waals surface area contributed by atoms with Crippen LogP contribution in [0.4, 0.5) is 5.00 Å². The average Bonchev–Trinajstić information content (AvgIpc) is 3.28. The van der Waals surface area contributed by atoms with Crippen LogP contribution in [0.25, 0.3) is 11.3 Å². The summed E-state index contributed by atoms with van der Waals surface area (Å²) in [4.78, 5) is 27.6. The van der Waals surface area contributed by atoms with Crippen LogP contribution in [-0.4, -0.2) is 29.2 Å². The van der Waals surface area contributed by atoms with Crippen molar-refractivity contribution in [2.24, 2.45) is 0 Å². The van der Waals surface area contributed by atoms with Crippen molar-refractivity contribution in [2.45, 2.75) is 59.0 Å². The number of carbonyl (C=O) groups excluding carboxylic acids is 2. The quantitative estimate of drug-likeness (QED) is 0.419. The Kier molecular flexibility index (Phi) is 6.35. The molecule has 0 fully saturated rings. The van der Waals surface area contributed by atoms with E-state index in [4.69, 9.17) is 20.9 Å². The number of esters is 1. The number of aryl methyl sites for hydroxylation is 1. The molecular weight excluding hydrogens is 474 g/mol. The fourth-order valence-electron chi connectivity index (χ4n) is 4.68. The molecule has 1 aliphatic heterocycles. The van der Waals surface area contributed by atoms with Crippen LogP contribution in [0.2, 0.25) is 5.02 Å². The molecule has 0 spiro atoms. The number of hydrogen-bond donors (Lipinski definition) is 2. The maximum absolute atomic E-state index is 13.5. The number of fused-ring (bicyclic) bond motifs is 1. The van der Waals surface area contributed by atoms with E-state index < -0.39 is 11.9 Å². The van der Waals surface area contributed by atoms with Crippen LogP contribution in [0.1, 0.15) is 71.5 Å². The van der Waals surface area contributed by atoms with Gasteiger partial charge in [0.2, 0.25) is 0 Å². The molecule has 0 saturated carbocycles. The molecule has 1 aromatic carbocycles. The van der Waals surface area contributed by atoms with Crippen molar-refractivity contribution in [1.29, 1.82) is 0 Å². The van der Waals surface area contributed by atoms with Crippen LogP contribution in [0, 0.1) is 6.92 Å². The highest BCUT2D eigenvalue weighted by Crippen LogP contribution is 2.45. The summed E-state index contributed by atoms with van der Waals surface area (Å²) in [6, 6.07) is 7.12. The van der Waals surface area contributed by atoms with E-state index in [1.165, 1.54) is 11.3 Å². The van der Waals surface area contributed by atoms with Gasteiger partial charge in [0.15, 0.2) is 0 Å². The van der Waals surface area contributed by atoms with E-state index >= 15 is 0 Å². The van der Waals surface area contributed by atoms with Gasteiger partial charge in [-0.25, -0.2) is 4.79 Å². The minimum absolute atomic E-state index is 0.234. The maximum Gasteiger partial charge on any atom is 0.341 e. The average molecular weight is 502 g/mol. The number of ether oxygens (including phenoxy) is 1. The number of halogens is 1. The number of anilines is 1. The zero-order chi connectivity index (χ0) is 24.8. The molecule has 3 aromatic rings. The van der Waals surface area contributed by atoms with Crippen molar-refractivity contribution in [3.8, 4) is 11.3 Å². The standard InChI is InChI=1S/C25H28ClN3O4S/c1-7-32-23(31)18-15-12-24(3,4)29-25(5,6)20(15)34-22(18)27-21(30)17-13(2)33-28-19(17)14-10-8-9-11-16(14)26/h8-11,29H,7,12H2,1-6H3,(H,27,30). The molecule has 2 N–H and O–H groups in total. The first kappa shape index (κ1) is 24.4. The smallest absolute Gasteiger partial charge is 0.341 e. The Balaban J connectivity index is 1.80.